The van der Waals surface area contributed by atoms with Crippen LogP contribution in [0.2, 0.25) is 0 Å². The summed E-state index contributed by atoms with van der Waals surface area (Å²) < 4.78 is 14.0. The molecule has 7 nitrogen and oxygen atoms in total. The summed E-state index contributed by atoms with van der Waals surface area (Å²) in [6, 6.07) is 23.3. The number of phenols is 1. The van der Waals surface area contributed by atoms with Crippen LogP contribution in [0.25, 0.3) is 49.8 Å². The lowest BCUT2D eigenvalue weighted by Crippen LogP contribution is -2.10. The van der Waals surface area contributed by atoms with Crippen LogP contribution in [-0.2, 0) is 5.41 Å². The summed E-state index contributed by atoms with van der Waals surface area (Å²) in [6.45, 7) is 6.64. The molecule has 0 fully saturated rings. The molecule has 1 N–H and O–H groups in total. The molecule has 0 aliphatic rings. The number of hydrogen-bond donors (Lipinski definition) is 1. The van der Waals surface area contributed by atoms with E-state index in [0.29, 0.717) is 33.7 Å². The molecule has 0 spiro atoms. The van der Waals surface area contributed by atoms with E-state index >= 15 is 0 Å². The van der Waals surface area contributed by atoms with Gasteiger partial charge in [0.15, 0.2) is 5.65 Å². The van der Waals surface area contributed by atoms with Crippen LogP contribution in [0.4, 0.5) is 0 Å². The second-order valence-electron chi connectivity index (χ2n) is 10.4. The Bertz CT molecular complexity index is 2000. The summed E-state index contributed by atoms with van der Waals surface area (Å²) in [5.41, 5.74) is 4.05. The number of fused-ring (bicyclic) bond motifs is 6. The lowest BCUT2D eigenvalue weighted by molar-refractivity contribution is 0.463. The summed E-state index contributed by atoms with van der Waals surface area (Å²) in [6.07, 6.45) is 3.37. The molecule has 0 aliphatic heterocycles. The van der Waals surface area contributed by atoms with Crippen molar-refractivity contribution in [1.29, 1.82) is 0 Å². The largest absolute Gasteiger partial charge is 0.507 e. The number of pyridine rings is 3. The molecular formula is C31H24N4O3. The summed E-state index contributed by atoms with van der Waals surface area (Å²) in [4.78, 5) is 13.9. The zero-order valence-corrected chi connectivity index (χ0v) is 21.1. The van der Waals surface area contributed by atoms with Crippen LogP contribution in [0.5, 0.6) is 17.4 Å². The third kappa shape index (κ3) is 3.47. The Morgan fingerprint density at radius 1 is 0.868 bits per heavy atom. The second-order valence-corrected chi connectivity index (χ2v) is 10.4. The van der Waals surface area contributed by atoms with Crippen molar-refractivity contribution in [2.45, 2.75) is 26.2 Å². The lowest BCUT2D eigenvalue weighted by atomic mass is 9.86. The predicted octanol–water partition coefficient (Wildman–Crippen LogP) is 7.66. The Balaban J connectivity index is 1.39. The van der Waals surface area contributed by atoms with Gasteiger partial charge in [0.25, 0.3) is 0 Å². The van der Waals surface area contributed by atoms with Gasteiger partial charge in [-0.15, -0.1) is 0 Å². The zero-order chi connectivity index (χ0) is 26.0. The number of rotatable bonds is 3. The van der Waals surface area contributed by atoms with Gasteiger partial charge in [-0.25, -0.2) is 9.97 Å². The van der Waals surface area contributed by atoms with E-state index in [1.807, 2.05) is 36.4 Å². The van der Waals surface area contributed by atoms with Gasteiger partial charge in [-0.2, -0.15) is 4.98 Å². The van der Waals surface area contributed by atoms with E-state index in [0.717, 1.165) is 27.8 Å². The third-order valence-electron chi connectivity index (χ3n) is 6.86. The number of aromatic nitrogens is 4. The maximum atomic E-state index is 10.4. The molecule has 5 heterocycles. The topological polar surface area (TPSA) is 86.2 Å². The second kappa shape index (κ2) is 8.05. The molecule has 0 unspecified atom stereocenters. The van der Waals surface area contributed by atoms with Crippen molar-refractivity contribution in [3.05, 3.63) is 90.8 Å². The van der Waals surface area contributed by atoms with Crippen LogP contribution in [0.15, 0.2) is 89.6 Å². The van der Waals surface area contributed by atoms with Gasteiger partial charge in [0.1, 0.15) is 22.9 Å². The first-order valence-corrected chi connectivity index (χ1v) is 12.4. The highest BCUT2D eigenvalue weighted by atomic mass is 16.5. The fourth-order valence-corrected chi connectivity index (χ4v) is 4.96. The van der Waals surface area contributed by atoms with Crippen molar-refractivity contribution in [2.24, 2.45) is 0 Å². The molecule has 0 aliphatic carbocycles. The van der Waals surface area contributed by atoms with Crippen LogP contribution >= 0.6 is 0 Å². The van der Waals surface area contributed by atoms with Crippen LogP contribution in [0.3, 0.4) is 0 Å². The summed E-state index contributed by atoms with van der Waals surface area (Å²) in [5.74, 6) is 1.83. The van der Waals surface area contributed by atoms with Gasteiger partial charge in [0.05, 0.1) is 22.5 Å². The van der Waals surface area contributed by atoms with Gasteiger partial charge in [-0.1, -0.05) is 39.0 Å². The van der Waals surface area contributed by atoms with Crippen molar-refractivity contribution >= 4 is 44.0 Å². The van der Waals surface area contributed by atoms with Gasteiger partial charge in [0, 0.05) is 23.0 Å². The van der Waals surface area contributed by atoms with Crippen molar-refractivity contribution in [1.82, 2.24) is 19.5 Å². The zero-order valence-electron chi connectivity index (χ0n) is 21.1. The Kier molecular flexibility index (Phi) is 4.72. The first-order chi connectivity index (χ1) is 18.4. The molecule has 38 heavy (non-hydrogen) atoms. The minimum Gasteiger partial charge on any atom is -0.507 e. The van der Waals surface area contributed by atoms with Gasteiger partial charge < -0.3 is 14.3 Å². The first-order valence-electron chi connectivity index (χ1n) is 12.4. The molecule has 0 saturated carbocycles. The predicted molar refractivity (Wildman–Crippen MR) is 148 cm³/mol. The van der Waals surface area contributed by atoms with Crippen LogP contribution in [0, 0.1) is 0 Å². The van der Waals surface area contributed by atoms with Crippen molar-refractivity contribution in [2.75, 3.05) is 0 Å². The number of aromatic hydroxyl groups is 1. The van der Waals surface area contributed by atoms with E-state index in [-0.39, 0.29) is 11.2 Å². The number of ether oxygens (including phenoxy) is 1. The monoisotopic (exact) mass is 500 g/mol. The number of phenolic OH excluding ortho intramolecular Hbond substituents is 1. The minimum absolute atomic E-state index is 0.0153. The molecule has 7 heteroatoms. The Labute approximate surface area is 218 Å². The van der Waals surface area contributed by atoms with Crippen molar-refractivity contribution in [3.63, 3.8) is 0 Å². The molecule has 7 aromatic rings. The molecule has 2 aromatic carbocycles. The Hall–Kier alpha value is -4.91. The van der Waals surface area contributed by atoms with Crippen LogP contribution in [-0.4, -0.2) is 24.6 Å². The maximum Gasteiger partial charge on any atom is 0.227 e. The van der Waals surface area contributed by atoms with Crippen molar-refractivity contribution in [3.8, 4) is 23.2 Å². The van der Waals surface area contributed by atoms with E-state index in [1.165, 1.54) is 5.56 Å². The minimum atomic E-state index is 0.0153. The lowest BCUT2D eigenvalue weighted by Gasteiger charge is -2.19. The summed E-state index contributed by atoms with van der Waals surface area (Å²) >= 11 is 0. The van der Waals surface area contributed by atoms with Gasteiger partial charge in [-0.05, 0) is 59.5 Å². The molecule has 0 bridgehead atoms. The number of hydrogen-bond acceptors (Lipinski definition) is 6. The smallest absolute Gasteiger partial charge is 0.227 e. The van der Waals surface area contributed by atoms with Crippen molar-refractivity contribution < 1.29 is 14.3 Å². The highest BCUT2D eigenvalue weighted by molar-refractivity contribution is 6.08. The Morgan fingerprint density at radius 2 is 1.76 bits per heavy atom. The quantitative estimate of drug-likeness (QED) is 0.268. The molecule has 7 rings (SSSR count). The maximum absolute atomic E-state index is 10.4. The van der Waals surface area contributed by atoms with Gasteiger partial charge in [0.2, 0.25) is 11.6 Å². The molecule has 5 aromatic heterocycles. The highest BCUT2D eigenvalue weighted by Crippen LogP contribution is 2.38. The van der Waals surface area contributed by atoms with E-state index in [2.05, 4.69) is 53.5 Å². The fourth-order valence-electron chi connectivity index (χ4n) is 4.96. The normalized spacial score (nSPS) is 12.2. The van der Waals surface area contributed by atoms with E-state index in [9.17, 15) is 5.11 Å². The standard InChI is InChI=1S/C31H24N4O3/c1-31(2,3)18-10-12-23-21(15-18)20-11-13-27(34-29(20)35(23)26-9-4-5-14-32-26)37-19-16-22-28-24(36)7-6-8-25(28)38-30(22)33-17-19/h4-17,36H,1-3H3. The summed E-state index contributed by atoms with van der Waals surface area (Å²) in [7, 11) is 0. The van der Waals surface area contributed by atoms with Gasteiger partial charge >= 0.3 is 0 Å². The average molecular weight is 501 g/mol. The SMILES string of the molecule is CC(C)(C)c1ccc2c(c1)c1ccc(Oc3cnc4oc5cccc(O)c5c4c3)nc1n2-c1ccccn1. The fraction of sp³-hybridized carbons (Fsp3) is 0.129. The van der Waals surface area contributed by atoms with Crippen LogP contribution in [0.1, 0.15) is 26.3 Å². The molecular weight excluding hydrogens is 476 g/mol. The summed E-state index contributed by atoms with van der Waals surface area (Å²) in [5, 5.41) is 13.8. The average Bonchev–Trinajstić information content (AvgIpc) is 3.44. The molecule has 0 saturated heterocycles. The van der Waals surface area contributed by atoms with E-state index < -0.39 is 0 Å². The highest BCUT2D eigenvalue weighted by Gasteiger charge is 2.20. The molecule has 0 atom stereocenters. The number of nitrogens with zero attached hydrogens (tertiary/aromatic N) is 4. The van der Waals surface area contributed by atoms with E-state index in [1.54, 1.807) is 30.6 Å². The number of furan rings is 1. The molecule has 186 valence electrons. The number of benzene rings is 2. The van der Waals surface area contributed by atoms with Gasteiger partial charge in [-0.3, -0.25) is 4.57 Å². The molecule has 0 amide bonds. The third-order valence-corrected chi connectivity index (χ3v) is 6.86. The first kappa shape index (κ1) is 22.3. The Morgan fingerprint density at radius 3 is 2.58 bits per heavy atom. The van der Waals surface area contributed by atoms with Crippen LogP contribution < -0.4 is 4.74 Å². The molecule has 0 radical (unpaired) electrons. The van der Waals surface area contributed by atoms with E-state index in [4.69, 9.17) is 14.1 Å².